The molecule has 2 nitrogen and oxygen atoms in total. The van der Waals surface area contributed by atoms with E-state index in [1.54, 1.807) is 0 Å². The number of benzene rings is 7. The van der Waals surface area contributed by atoms with Gasteiger partial charge in [-0.3, -0.25) is 0 Å². The number of nitrogens with one attached hydrogen (secondary N) is 1. The SMILES string of the molecule is c1ccc(-n2c3ccccc3c3cc(-c4ccc(Nc5ccccc5-c5cccc6ccccc56)cc4)ccc32)cc1. The first-order valence-corrected chi connectivity index (χ1v) is 14.4. The number of para-hydroxylation sites is 3. The molecule has 1 N–H and O–H groups in total. The fourth-order valence-electron chi connectivity index (χ4n) is 6.20. The van der Waals surface area contributed by atoms with Crippen molar-refractivity contribution in [1.29, 1.82) is 0 Å². The average molecular weight is 537 g/mol. The van der Waals surface area contributed by atoms with Gasteiger partial charge in [-0.1, -0.05) is 115 Å². The number of hydrogen-bond donors (Lipinski definition) is 1. The molecular formula is C40H28N2. The first kappa shape index (κ1) is 24.2. The Morgan fingerprint density at radius 3 is 1.93 bits per heavy atom. The summed E-state index contributed by atoms with van der Waals surface area (Å²) in [6, 6.07) is 58.5. The molecule has 0 aliphatic carbocycles. The molecule has 7 aromatic carbocycles. The van der Waals surface area contributed by atoms with Crippen LogP contribution in [-0.2, 0) is 0 Å². The highest BCUT2D eigenvalue weighted by Crippen LogP contribution is 2.37. The van der Waals surface area contributed by atoms with Gasteiger partial charge >= 0.3 is 0 Å². The van der Waals surface area contributed by atoms with Gasteiger partial charge < -0.3 is 9.88 Å². The van der Waals surface area contributed by atoms with Gasteiger partial charge in [0.2, 0.25) is 0 Å². The maximum Gasteiger partial charge on any atom is 0.0541 e. The molecule has 8 aromatic rings. The van der Waals surface area contributed by atoms with E-state index >= 15 is 0 Å². The molecule has 0 atom stereocenters. The molecule has 2 heteroatoms. The predicted molar refractivity (Wildman–Crippen MR) is 179 cm³/mol. The second-order valence-corrected chi connectivity index (χ2v) is 10.7. The van der Waals surface area contributed by atoms with E-state index in [0.717, 1.165) is 11.4 Å². The van der Waals surface area contributed by atoms with E-state index in [2.05, 4.69) is 174 Å². The molecule has 198 valence electrons. The summed E-state index contributed by atoms with van der Waals surface area (Å²) in [6.07, 6.45) is 0. The molecule has 42 heavy (non-hydrogen) atoms. The van der Waals surface area contributed by atoms with Crippen LogP contribution in [-0.4, -0.2) is 4.57 Å². The highest BCUT2D eigenvalue weighted by Gasteiger charge is 2.13. The van der Waals surface area contributed by atoms with Crippen molar-refractivity contribution >= 4 is 44.0 Å². The highest BCUT2D eigenvalue weighted by atomic mass is 15.0. The van der Waals surface area contributed by atoms with E-state index in [1.165, 1.54) is 60.5 Å². The lowest BCUT2D eigenvalue weighted by atomic mass is 9.97. The van der Waals surface area contributed by atoms with Gasteiger partial charge in [-0.15, -0.1) is 0 Å². The third-order valence-corrected chi connectivity index (χ3v) is 8.19. The molecule has 0 amide bonds. The molecule has 1 aromatic heterocycles. The number of anilines is 2. The predicted octanol–water partition coefficient (Wildman–Crippen LogP) is 11.0. The van der Waals surface area contributed by atoms with Crippen LogP contribution in [0.1, 0.15) is 0 Å². The lowest BCUT2D eigenvalue weighted by Gasteiger charge is -2.15. The standard InChI is InChI=1S/C40H28N2/c1-2-13-32(14-3-1)42-39-20-9-7-17-36(39)37-27-30(23-26-40(37)42)28-21-24-31(25-22-28)41-38-19-8-6-16-35(38)34-18-10-12-29-11-4-5-15-33(29)34/h1-27,41H. The smallest absolute Gasteiger partial charge is 0.0541 e. The van der Waals surface area contributed by atoms with E-state index in [-0.39, 0.29) is 0 Å². The minimum atomic E-state index is 1.06. The minimum absolute atomic E-state index is 1.06. The number of nitrogens with zero attached hydrogens (tertiary/aromatic N) is 1. The van der Waals surface area contributed by atoms with Crippen molar-refractivity contribution in [2.24, 2.45) is 0 Å². The molecule has 0 saturated heterocycles. The van der Waals surface area contributed by atoms with Crippen molar-refractivity contribution in [2.45, 2.75) is 0 Å². The van der Waals surface area contributed by atoms with E-state index in [9.17, 15) is 0 Å². The van der Waals surface area contributed by atoms with Crippen LogP contribution in [0.15, 0.2) is 164 Å². The van der Waals surface area contributed by atoms with Crippen LogP contribution < -0.4 is 5.32 Å². The van der Waals surface area contributed by atoms with Gasteiger partial charge in [0.1, 0.15) is 0 Å². The second kappa shape index (κ2) is 10.1. The maximum absolute atomic E-state index is 3.69. The Balaban J connectivity index is 1.15. The third-order valence-electron chi connectivity index (χ3n) is 8.19. The van der Waals surface area contributed by atoms with Gasteiger partial charge in [0.15, 0.2) is 0 Å². The summed E-state index contributed by atoms with van der Waals surface area (Å²) in [5.41, 5.74) is 10.6. The van der Waals surface area contributed by atoms with Gasteiger partial charge in [0.05, 0.1) is 11.0 Å². The summed E-state index contributed by atoms with van der Waals surface area (Å²) in [5, 5.41) is 8.72. The zero-order valence-corrected chi connectivity index (χ0v) is 23.0. The van der Waals surface area contributed by atoms with Gasteiger partial charge in [0, 0.05) is 33.4 Å². The lowest BCUT2D eigenvalue weighted by Crippen LogP contribution is -1.94. The van der Waals surface area contributed by atoms with Crippen LogP contribution in [0.4, 0.5) is 11.4 Å². The molecule has 0 fully saturated rings. The normalized spacial score (nSPS) is 11.3. The molecule has 0 spiro atoms. The zero-order chi connectivity index (χ0) is 27.9. The number of aromatic nitrogens is 1. The molecule has 0 aliphatic rings. The molecule has 0 bridgehead atoms. The van der Waals surface area contributed by atoms with Crippen molar-refractivity contribution in [3.8, 4) is 27.9 Å². The first-order valence-electron chi connectivity index (χ1n) is 14.4. The van der Waals surface area contributed by atoms with Crippen molar-refractivity contribution in [3.63, 3.8) is 0 Å². The minimum Gasteiger partial charge on any atom is -0.355 e. The maximum atomic E-state index is 3.69. The summed E-state index contributed by atoms with van der Waals surface area (Å²) in [7, 11) is 0. The zero-order valence-electron chi connectivity index (χ0n) is 23.0. The molecule has 0 radical (unpaired) electrons. The molecule has 0 aliphatic heterocycles. The van der Waals surface area contributed by atoms with Gasteiger partial charge in [-0.25, -0.2) is 0 Å². The van der Waals surface area contributed by atoms with E-state index in [1.807, 2.05) is 0 Å². The van der Waals surface area contributed by atoms with Crippen molar-refractivity contribution < 1.29 is 0 Å². The van der Waals surface area contributed by atoms with Gasteiger partial charge in [-0.05, 0) is 76.0 Å². The molecule has 0 saturated carbocycles. The molecule has 1 heterocycles. The summed E-state index contributed by atoms with van der Waals surface area (Å²) in [4.78, 5) is 0. The van der Waals surface area contributed by atoms with Crippen molar-refractivity contribution in [2.75, 3.05) is 5.32 Å². The van der Waals surface area contributed by atoms with E-state index in [4.69, 9.17) is 0 Å². The number of hydrogen-bond acceptors (Lipinski definition) is 1. The van der Waals surface area contributed by atoms with Crippen molar-refractivity contribution in [1.82, 2.24) is 4.57 Å². The van der Waals surface area contributed by atoms with E-state index < -0.39 is 0 Å². The van der Waals surface area contributed by atoms with Crippen LogP contribution in [0, 0.1) is 0 Å². The summed E-state index contributed by atoms with van der Waals surface area (Å²) < 4.78 is 2.36. The second-order valence-electron chi connectivity index (χ2n) is 10.7. The average Bonchev–Trinajstić information content (AvgIpc) is 3.39. The number of rotatable bonds is 5. The van der Waals surface area contributed by atoms with Gasteiger partial charge in [-0.2, -0.15) is 0 Å². The quantitative estimate of drug-likeness (QED) is 0.231. The van der Waals surface area contributed by atoms with E-state index in [0.29, 0.717) is 0 Å². The topological polar surface area (TPSA) is 17.0 Å². The van der Waals surface area contributed by atoms with Crippen LogP contribution >= 0.6 is 0 Å². The molecule has 8 rings (SSSR count). The first-order chi connectivity index (χ1) is 20.8. The van der Waals surface area contributed by atoms with Crippen LogP contribution in [0.5, 0.6) is 0 Å². The fourth-order valence-corrected chi connectivity index (χ4v) is 6.20. The Bertz CT molecular complexity index is 2200. The largest absolute Gasteiger partial charge is 0.355 e. The lowest BCUT2D eigenvalue weighted by molar-refractivity contribution is 1.18. The summed E-state index contributed by atoms with van der Waals surface area (Å²) >= 11 is 0. The number of fused-ring (bicyclic) bond motifs is 4. The Morgan fingerprint density at radius 1 is 0.405 bits per heavy atom. The summed E-state index contributed by atoms with van der Waals surface area (Å²) in [6.45, 7) is 0. The third kappa shape index (κ3) is 4.13. The monoisotopic (exact) mass is 536 g/mol. The Morgan fingerprint density at radius 2 is 1.05 bits per heavy atom. The fraction of sp³-hybridized carbons (Fsp3) is 0. The Labute approximate surface area is 245 Å². The van der Waals surface area contributed by atoms with Crippen LogP contribution in [0.2, 0.25) is 0 Å². The Hall–Kier alpha value is -5.60. The Kier molecular flexibility index (Phi) is 5.82. The highest BCUT2D eigenvalue weighted by molar-refractivity contribution is 6.10. The molecule has 0 unspecified atom stereocenters. The van der Waals surface area contributed by atoms with Crippen LogP contribution in [0.25, 0.3) is 60.5 Å². The summed E-state index contributed by atoms with van der Waals surface area (Å²) in [5.74, 6) is 0. The van der Waals surface area contributed by atoms with Crippen LogP contribution in [0.3, 0.4) is 0 Å². The molecular weight excluding hydrogens is 508 g/mol. The van der Waals surface area contributed by atoms with Gasteiger partial charge in [0.25, 0.3) is 0 Å². The van der Waals surface area contributed by atoms with Crippen molar-refractivity contribution in [3.05, 3.63) is 164 Å².